The monoisotopic (exact) mass is 308 g/mol. The quantitative estimate of drug-likeness (QED) is 0.758. The number of aromatic nitrogens is 3. The van der Waals surface area contributed by atoms with Crippen LogP contribution >= 0.6 is 0 Å². The molecular weight excluding hydrogens is 292 g/mol. The second-order valence-electron chi connectivity index (χ2n) is 5.09. The fourth-order valence-electron chi connectivity index (χ4n) is 2.29. The average molecular weight is 308 g/mol. The molecule has 0 spiro atoms. The van der Waals surface area contributed by atoms with Crippen molar-refractivity contribution in [1.29, 1.82) is 0 Å². The van der Waals surface area contributed by atoms with Crippen LogP contribution in [-0.2, 0) is 13.1 Å². The first-order valence-corrected chi connectivity index (χ1v) is 7.19. The Kier molecular flexibility index (Phi) is 4.33. The summed E-state index contributed by atoms with van der Waals surface area (Å²) >= 11 is 0. The first-order chi connectivity index (χ1) is 11.2. The minimum atomic E-state index is -0.976. The molecule has 0 unspecified atom stereocenters. The van der Waals surface area contributed by atoms with Crippen molar-refractivity contribution in [3.05, 3.63) is 72.4 Å². The van der Waals surface area contributed by atoms with E-state index in [1.165, 1.54) is 4.90 Å². The van der Waals surface area contributed by atoms with Crippen LogP contribution in [-0.4, -0.2) is 31.1 Å². The summed E-state index contributed by atoms with van der Waals surface area (Å²) in [5.41, 5.74) is 2.65. The Morgan fingerprint density at radius 2 is 1.83 bits per heavy atom. The van der Waals surface area contributed by atoms with E-state index in [9.17, 15) is 9.90 Å². The number of pyridine rings is 1. The molecular formula is C17H16N4O2. The van der Waals surface area contributed by atoms with Crippen molar-refractivity contribution in [3.63, 3.8) is 0 Å². The summed E-state index contributed by atoms with van der Waals surface area (Å²) in [6.45, 7) is 0.525. The predicted octanol–water partition coefficient (Wildman–Crippen LogP) is 3.15. The molecule has 0 aliphatic heterocycles. The molecule has 0 aliphatic rings. The lowest BCUT2D eigenvalue weighted by Gasteiger charge is -2.17. The van der Waals surface area contributed by atoms with Gasteiger partial charge in [0.25, 0.3) is 0 Å². The van der Waals surface area contributed by atoms with Crippen LogP contribution in [0.15, 0.2) is 61.1 Å². The molecule has 2 heterocycles. The maximum absolute atomic E-state index is 11.5. The van der Waals surface area contributed by atoms with Gasteiger partial charge < -0.3 is 10.1 Å². The highest BCUT2D eigenvalue weighted by molar-refractivity contribution is 5.65. The fraction of sp³-hybridized carbons (Fsp3) is 0.118. The SMILES string of the molecule is O=C(O)N(Cc1ccccc1)Cc1nc(-c2ccncc2)c[nH]1. The van der Waals surface area contributed by atoms with E-state index in [-0.39, 0.29) is 6.54 Å². The molecule has 116 valence electrons. The van der Waals surface area contributed by atoms with Gasteiger partial charge in [0.05, 0.1) is 12.2 Å². The summed E-state index contributed by atoms with van der Waals surface area (Å²) in [6.07, 6.45) is 4.19. The molecule has 0 saturated carbocycles. The Bertz CT molecular complexity index is 772. The normalized spacial score (nSPS) is 10.4. The number of carbonyl (C=O) groups is 1. The zero-order valence-corrected chi connectivity index (χ0v) is 12.4. The van der Waals surface area contributed by atoms with Crippen LogP contribution in [0.25, 0.3) is 11.3 Å². The van der Waals surface area contributed by atoms with Crippen LogP contribution in [0.5, 0.6) is 0 Å². The van der Waals surface area contributed by atoms with E-state index in [0.29, 0.717) is 12.4 Å². The lowest BCUT2D eigenvalue weighted by Crippen LogP contribution is -2.28. The van der Waals surface area contributed by atoms with E-state index in [4.69, 9.17) is 0 Å². The van der Waals surface area contributed by atoms with Gasteiger partial charge >= 0.3 is 6.09 Å². The number of imidazole rings is 1. The summed E-state index contributed by atoms with van der Waals surface area (Å²) in [6, 6.07) is 13.2. The number of benzene rings is 1. The molecule has 3 aromatic rings. The molecule has 0 fully saturated rings. The Morgan fingerprint density at radius 1 is 1.09 bits per heavy atom. The third-order valence-electron chi connectivity index (χ3n) is 3.43. The number of amides is 1. The van der Waals surface area contributed by atoms with Gasteiger partial charge in [-0.25, -0.2) is 9.78 Å². The molecule has 1 amide bonds. The van der Waals surface area contributed by atoms with Gasteiger partial charge in [-0.3, -0.25) is 9.88 Å². The lowest BCUT2D eigenvalue weighted by atomic mass is 10.2. The lowest BCUT2D eigenvalue weighted by molar-refractivity contribution is 0.138. The average Bonchev–Trinajstić information content (AvgIpc) is 3.04. The highest BCUT2D eigenvalue weighted by Crippen LogP contribution is 2.16. The maximum Gasteiger partial charge on any atom is 0.408 e. The zero-order valence-electron chi connectivity index (χ0n) is 12.4. The highest BCUT2D eigenvalue weighted by Gasteiger charge is 2.15. The maximum atomic E-state index is 11.5. The Morgan fingerprint density at radius 3 is 2.52 bits per heavy atom. The van der Waals surface area contributed by atoms with Crippen LogP contribution < -0.4 is 0 Å². The van der Waals surface area contributed by atoms with Crippen molar-refractivity contribution in [2.75, 3.05) is 0 Å². The van der Waals surface area contributed by atoms with Crippen LogP contribution in [0.2, 0.25) is 0 Å². The molecule has 0 aliphatic carbocycles. The van der Waals surface area contributed by atoms with E-state index >= 15 is 0 Å². The zero-order chi connectivity index (χ0) is 16.1. The van der Waals surface area contributed by atoms with Gasteiger partial charge in [0.2, 0.25) is 0 Å². The van der Waals surface area contributed by atoms with E-state index in [2.05, 4.69) is 15.0 Å². The second kappa shape index (κ2) is 6.74. The molecule has 6 heteroatoms. The Labute approximate surface area is 133 Å². The number of nitrogens with zero attached hydrogens (tertiary/aromatic N) is 3. The predicted molar refractivity (Wildman–Crippen MR) is 85.5 cm³/mol. The Hall–Kier alpha value is -3.15. The number of H-pyrrole nitrogens is 1. The molecule has 0 bridgehead atoms. The van der Waals surface area contributed by atoms with Crippen LogP contribution in [0.1, 0.15) is 11.4 Å². The summed E-state index contributed by atoms with van der Waals surface area (Å²) in [4.78, 5) is 24.3. The number of aromatic amines is 1. The van der Waals surface area contributed by atoms with Crippen molar-refractivity contribution < 1.29 is 9.90 Å². The van der Waals surface area contributed by atoms with Gasteiger partial charge in [-0.2, -0.15) is 0 Å². The molecule has 6 nitrogen and oxygen atoms in total. The van der Waals surface area contributed by atoms with E-state index in [1.807, 2.05) is 42.5 Å². The van der Waals surface area contributed by atoms with E-state index < -0.39 is 6.09 Å². The van der Waals surface area contributed by atoms with E-state index in [0.717, 1.165) is 16.8 Å². The largest absolute Gasteiger partial charge is 0.465 e. The van der Waals surface area contributed by atoms with Crippen molar-refractivity contribution in [3.8, 4) is 11.3 Å². The number of rotatable bonds is 5. The molecule has 0 radical (unpaired) electrons. The molecule has 2 aromatic heterocycles. The summed E-state index contributed by atoms with van der Waals surface area (Å²) in [5, 5.41) is 9.40. The van der Waals surface area contributed by atoms with Gasteiger partial charge in [-0.1, -0.05) is 30.3 Å². The number of nitrogens with one attached hydrogen (secondary N) is 1. The number of carboxylic acid groups (broad SMARTS) is 1. The molecule has 0 saturated heterocycles. The summed E-state index contributed by atoms with van der Waals surface area (Å²) < 4.78 is 0. The van der Waals surface area contributed by atoms with Gasteiger partial charge in [-0.15, -0.1) is 0 Å². The van der Waals surface area contributed by atoms with Gasteiger partial charge in [0, 0.05) is 30.7 Å². The third-order valence-corrected chi connectivity index (χ3v) is 3.43. The second-order valence-corrected chi connectivity index (χ2v) is 5.09. The third kappa shape index (κ3) is 3.74. The summed E-state index contributed by atoms with van der Waals surface area (Å²) in [5.74, 6) is 0.607. The topological polar surface area (TPSA) is 82.1 Å². The number of hydrogen-bond donors (Lipinski definition) is 2. The molecule has 0 atom stereocenters. The molecule has 23 heavy (non-hydrogen) atoms. The summed E-state index contributed by atoms with van der Waals surface area (Å²) in [7, 11) is 0. The van der Waals surface area contributed by atoms with Crippen molar-refractivity contribution in [1.82, 2.24) is 19.9 Å². The smallest absolute Gasteiger partial charge is 0.408 e. The molecule has 3 rings (SSSR count). The standard InChI is InChI=1S/C17H16N4O2/c22-17(23)21(11-13-4-2-1-3-5-13)12-16-19-10-15(20-16)14-6-8-18-9-7-14/h1-10H,11-12H2,(H,19,20)(H,22,23). The van der Waals surface area contributed by atoms with Crippen LogP contribution in [0.3, 0.4) is 0 Å². The minimum absolute atomic E-state index is 0.204. The number of hydrogen-bond acceptors (Lipinski definition) is 3. The van der Waals surface area contributed by atoms with Crippen LogP contribution in [0.4, 0.5) is 4.79 Å². The molecule has 2 N–H and O–H groups in total. The van der Waals surface area contributed by atoms with Crippen molar-refractivity contribution in [2.24, 2.45) is 0 Å². The van der Waals surface area contributed by atoms with Gasteiger partial charge in [-0.05, 0) is 17.7 Å². The highest BCUT2D eigenvalue weighted by atomic mass is 16.4. The fourth-order valence-corrected chi connectivity index (χ4v) is 2.29. The van der Waals surface area contributed by atoms with Crippen LogP contribution in [0, 0.1) is 0 Å². The van der Waals surface area contributed by atoms with Crippen molar-refractivity contribution >= 4 is 6.09 Å². The van der Waals surface area contributed by atoms with E-state index in [1.54, 1.807) is 18.6 Å². The first kappa shape index (κ1) is 14.8. The van der Waals surface area contributed by atoms with Gasteiger partial charge in [0.15, 0.2) is 0 Å². The minimum Gasteiger partial charge on any atom is -0.465 e. The van der Waals surface area contributed by atoms with Gasteiger partial charge in [0.1, 0.15) is 5.82 Å². The Balaban J connectivity index is 1.74. The molecule has 1 aromatic carbocycles. The first-order valence-electron chi connectivity index (χ1n) is 7.19. The van der Waals surface area contributed by atoms with Crippen molar-refractivity contribution in [2.45, 2.75) is 13.1 Å².